The van der Waals surface area contributed by atoms with Crippen molar-refractivity contribution in [3.05, 3.63) is 16.6 Å². The Labute approximate surface area is 95.5 Å². The summed E-state index contributed by atoms with van der Waals surface area (Å²) < 4.78 is 0. The van der Waals surface area contributed by atoms with E-state index in [0.29, 0.717) is 0 Å². The topological polar surface area (TPSA) is 28.2 Å². The maximum Gasteiger partial charge on any atom is 0.0795 e. The van der Waals surface area contributed by atoms with Gasteiger partial charge in [-0.15, -0.1) is 11.3 Å². The molecule has 84 valence electrons. The van der Waals surface area contributed by atoms with E-state index in [0.717, 1.165) is 18.4 Å². The molecule has 0 saturated carbocycles. The Balaban J connectivity index is 1.79. The van der Waals surface area contributed by atoms with Crippen LogP contribution in [-0.4, -0.2) is 36.6 Å². The van der Waals surface area contributed by atoms with E-state index in [-0.39, 0.29) is 0 Å². The van der Waals surface area contributed by atoms with Crippen LogP contribution in [0.1, 0.15) is 12.6 Å². The summed E-state index contributed by atoms with van der Waals surface area (Å²) in [5.41, 5.74) is 3.10. The fourth-order valence-corrected chi connectivity index (χ4v) is 2.72. The molecule has 2 unspecified atom stereocenters. The third-order valence-electron chi connectivity index (χ3n) is 3.14. The number of rotatable bonds is 4. The minimum absolute atomic E-state index is 0.800. The van der Waals surface area contributed by atoms with Crippen molar-refractivity contribution in [1.29, 1.82) is 0 Å². The molecule has 1 aromatic heterocycles. The predicted octanol–water partition coefficient (Wildman–Crippen LogP) is 1.43. The Hall–Kier alpha value is -0.450. The van der Waals surface area contributed by atoms with Crippen LogP contribution >= 0.6 is 11.3 Å². The second kappa shape index (κ2) is 5.05. The molecule has 0 radical (unpaired) electrons. The maximum atomic E-state index is 4.31. The lowest BCUT2D eigenvalue weighted by atomic mass is 9.98. The largest absolute Gasteiger partial charge is 0.316 e. The average Bonchev–Trinajstić information content (AvgIpc) is 2.79. The molecule has 15 heavy (non-hydrogen) atoms. The van der Waals surface area contributed by atoms with Crippen molar-refractivity contribution in [2.75, 3.05) is 26.7 Å². The van der Waals surface area contributed by atoms with Crippen LogP contribution in [0.5, 0.6) is 0 Å². The lowest BCUT2D eigenvalue weighted by molar-refractivity contribution is 0.250. The van der Waals surface area contributed by atoms with Gasteiger partial charge in [-0.2, -0.15) is 0 Å². The molecule has 1 aliphatic rings. The van der Waals surface area contributed by atoms with Crippen LogP contribution in [0.3, 0.4) is 0 Å². The second-order valence-electron chi connectivity index (χ2n) is 4.57. The standard InChI is InChI=1S/C11H19N3S/c1-9-3-12-4-10(9)5-14(2)6-11-7-15-8-13-11/h7-10,12H,3-6H2,1-2H3. The van der Waals surface area contributed by atoms with Gasteiger partial charge in [0.05, 0.1) is 11.2 Å². The highest BCUT2D eigenvalue weighted by Gasteiger charge is 2.23. The SMILES string of the molecule is CC1CNCC1CN(C)Cc1cscn1. The first-order valence-corrected chi connectivity index (χ1v) is 6.46. The van der Waals surface area contributed by atoms with Gasteiger partial charge in [-0.25, -0.2) is 4.98 Å². The van der Waals surface area contributed by atoms with E-state index < -0.39 is 0 Å². The molecule has 1 aromatic rings. The molecule has 1 aliphatic heterocycles. The van der Waals surface area contributed by atoms with Crippen LogP contribution < -0.4 is 5.32 Å². The zero-order valence-electron chi connectivity index (χ0n) is 9.44. The molecule has 0 amide bonds. The monoisotopic (exact) mass is 225 g/mol. The number of nitrogens with zero attached hydrogens (tertiary/aromatic N) is 2. The predicted molar refractivity (Wildman–Crippen MR) is 64.0 cm³/mol. The fourth-order valence-electron chi connectivity index (χ4n) is 2.17. The van der Waals surface area contributed by atoms with Gasteiger partial charge in [-0.1, -0.05) is 6.92 Å². The van der Waals surface area contributed by atoms with E-state index >= 15 is 0 Å². The lowest BCUT2D eigenvalue weighted by Gasteiger charge is -2.22. The van der Waals surface area contributed by atoms with E-state index in [1.807, 2.05) is 5.51 Å². The number of aromatic nitrogens is 1. The number of hydrogen-bond acceptors (Lipinski definition) is 4. The van der Waals surface area contributed by atoms with Gasteiger partial charge in [0.1, 0.15) is 0 Å². The third-order valence-corrected chi connectivity index (χ3v) is 3.77. The van der Waals surface area contributed by atoms with Crippen LogP contribution in [0.4, 0.5) is 0 Å². The minimum Gasteiger partial charge on any atom is -0.316 e. The van der Waals surface area contributed by atoms with E-state index in [4.69, 9.17) is 0 Å². The van der Waals surface area contributed by atoms with Crippen molar-refractivity contribution < 1.29 is 0 Å². The molecule has 2 atom stereocenters. The smallest absolute Gasteiger partial charge is 0.0795 e. The summed E-state index contributed by atoms with van der Waals surface area (Å²) in [6.45, 7) is 6.83. The van der Waals surface area contributed by atoms with Crippen LogP contribution in [0.2, 0.25) is 0 Å². The summed E-state index contributed by atoms with van der Waals surface area (Å²) in [4.78, 5) is 6.69. The fraction of sp³-hybridized carbons (Fsp3) is 0.727. The van der Waals surface area contributed by atoms with Gasteiger partial charge in [-0.3, -0.25) is 0 Å². The maximum absolute atomic E-state index is 4.31. The first-order chi connectivity index (χ1) is 7.25. The molecular formula is C11H19N3S. The number of hydrogen-bond donors (Lipinski definition) is 1. The van der Waals surface area contributed by atoms with Crippen molar-refractivity contribution in [3.63, 3.8) is 0 Å². The Morgan fingerprint density at radius 1 is 1.60 bits per heavy atom. The highest BCUT2D eigenvalue weighted by atomic mass is 32.1. The van der Waals surface area contributed by atoms with E-state index in [9.17, 15) is 0 Å². The van der Waals surface area contributed by atoms with Gasteiger partial charge in [0.15, 0.2) is 0 Å². The molecule has 0 aliphatic carbocycles. The summed E-state index contributed by atoms with van der Waals surface area (Å²) in [6.07, 6.45) is 0. The van der Waals surface area contributed by atoms with Gasteiger partial charge >= 0.3 is 0 Å². The van der Waals surface area contributed by atoms with E-state index in [1.54, 1.807) is 11.3 Å². The van der Waals surface area contributed by atoms with Crippen LogP contribution in [-0.2, 0) is 6.54 Å². The number of thiazole rings is 1. The summed E-state index contributed by atoms with van der Waals surface area (Å²) in [5, 5.41) is 5.58. The summed E-state index contributed by atoms with van der Waals surface area (Å²) in [7, 11) is 2.18. The van der Waals surface area contributed by atoms with Crippen LogP contribution in [0.15, 0.2) is 10.9 Å². The quantitative estimate of drug-likeness (QED) is 0.840. The van der Waals surface area contributed by atoms with Crippen molar-refractivity contribution in [2.45, 2.75) is 13.5 Å². The van der Waals surface area contributed by atoms with Gasteiger partial charge < -0.3 is 10.2 Å². The van der Waals surface area contributed by atoms with E-state index in [2.05, 4.69) is 34.6 Å². The zero-order valence-corrected chi connectivity index (χ0v) is 10.3. The van der Waals surface area contributed by atoms with Crippen LogP contribution in [0, 0.1) is 11.8 Å². The highest BCUT2D eigenvalue weighted by molar-refractivity contribution is 7.07. The Bertz CT molecular complexity index is 286. The lowest BCUT2D eigenvalue weighted by Crippen LogP contribution is -2.29. The van der Waals surface area contributed by atoms with Crippen LogP contribution in [0.25, 0.3) is 0 Å². The molecule has 2 rings (SSSR count). The molecule has 0 bridgehead atoms. The van der Waals surface area contributed by atoms with E-state index in [1.165, 1.54) is 25.3 Å². The van der Waals surface area contributed by atoms with Crippen molar-refractivity contribution in [2.24, 2.45) is 11.8 Å². The third kappa shape index (κ3) is 3.00. The average molecular weight is 225 g/mol. The van der Waals surface area contributed by atoms with Gasteiger partial charge in [-0.05, 0) is 32.0 Å². The molecule has 2 heterocycles. The Morgan fingerprint density at radius 3 is 3.07 bits per heavy atom. The van der Waals surface area contributed by atoms with Gasteiger partial charge in [0.25, 0.3) is 0 Å². The molecule has 0 spiro atoms. The highest BCUT2D eigenvalue weighted by Crippen LogP contribution is 2.17. The summed E-state index contributed by atoms with van der Waals surface area (Å²) in [6, 6.07) is 0. The molecule has 1 saturated heterocycles. The normalized spacial score (nSPS) is 26.3. The zero-order chi connectivity index (χ0) is 10.7. The van der Waals surface area contributed by atoms with Gasteiger partial charge in [0.2, 0.25) is 0 Å². The van der Waals surface area contributed by atoms with Gasteiger partial charge in [0, 0.05) is 18.5 Å². The molecule has 1 N–H and O–H groups in total. The first kappa shape index (κ1) is 11.0. The van der Waals surface area contributed by atoms with Crippen molar-refractivity contribution >= 4 is 11.3 Å². The summed E-state index contributed by atoms with van der Waals surface area (Å²) >= 11 is 1.67. The molecule has 0 aromatic carbocycles. The Kier molecular flexibility index (Phi) is 3.72. The molecule has 3 nitrogen and oxygen atoms in total. The van der Waals surface area contributed by atoms with Crippen molar-refractivity contribution in [3.8, 4) is 0 Å². The number of nitrogens with one attached hydrogen (secondary N) is 1. The minimum atomic E-state index is 0.800. The summed E-state index contributed by atoms with van der Waals surface area (Å²) in [5.74, 6) is 1.61. The Morgan fingerprint density at radius 2 is 2.47 bits per heavy atom. The van der Waals surface area contributed by atoms with Crippen molar-refractivity contribution in [1.82, 2.24) is 15.2 Å². The second-order valence-corrected chi connectivity index (χ2v) is 5.29. The molecule has 1 fully saturated rings. The molecule has 4 heteroatoms. The molecular weight excluding hydrogens is 206 g/mol. The first-order valence-electron chi connectivity index (χ1n) is 5.52.